The first-order valence-corrected chi connectivity index (χ1v) is 7.63. The molecule has 1 heterocycles. The Morgan fingerprint density at radius 3 is 2.75 bits per heavy atom. The Morgan fingerprint density at radius 1 is 1.20 bits per heavy atom. The molecule has 0 radical (unpaired) electrons. The summed E-state index contributed by atoms with van der Waals surface area (Å²) in [5.41, 5.74) is 2.80. The van der Waals surface area contributed by atoms with Crippen LogP contribution in [0.15, 0.2) is 36.5 Å². The maximum absolute atomic E-state index is 4.40. The standard InChI is InChI=1S/C18H24N2/c1-18(2,3)20-12-15-6-8-16(15)13-7-9-17-14(11-13)5-4-10-19-17/h4-5,7,9-11,15-16,20H,6,8,12H2,1-3H3. The number of aromatic nitrogens is 1. The molecule has 2 nitrogen and oxygen atoms in total. The van der Waals surface area contributed by atoms with Crippen molar-refractivity contribution in [3.8, 4) is 0 Å². The van der Waals surface area contributed by atoms with Gasteiger partial charge in [-0.1, -0.05) is 12.1 Å². The fourth-order valence-electron chi connectivity index (χ4n) is 3.01. The fraction of sp³-hybridized carbons (Fsp3) is 0.500. The number of hydrogen-bond acceptors (Lipinski definition) is 2. The highest BCUT2D eigenvalue weighted by Crippen LogP contribution is 2.42. The van der Waals surface area contributed by atoms with Crippen LogP contribution in [0.5, 0.6) is 0 Å². The van der Waals surface area contributed by atoms with Gasteiger partial charge in [0.05, 0.1) is 5.52 Å². The van der Waals surface area contributed by atoms with Crippen molar-refractivity contribution >= 4 is 10.9 Å². The number of nitrogens with one attached hydrogen (secondary N) is 1. The smallest absolute Gasteiger partial charge is 0.0702 e. The average Bonchev–Trinajstić information content (AvgIpc) is 2.36. The van der Waals surface area contributed by atoms with Gasteiger partial charge in [0.2, 0.25) is 0 Å². The zero-order chi connectivity index (χ0) is 14.2. The minimum Gasteiger partial charge on any atom is -0.312 e. The van der Waals surface area contributed by atoms with Crippen molar-refractivity contribution in [1.29, 1.82) is 0 Å². The molecule has 2 heteroatoms. The highest BCUT2D eigenvalue weighted by atomic mass is 14.9. The lowest BCUT2D eigenvalue weighted by Gasteiger charge is -2.39. The molecule has 0 amide bonds. The van der Waals surface area contributed by atoms with Crippen LogP contribution in [0.3, 0.4) is 0 Å². The Balaban J connectivity index is 1.74. The van der Waals surface area contributed by atoms with Crippen LogP contribution in [0, 0.1) is 5.92 Å². The molecule has 1 aliphatic rings. The van der Waals surface area contributed by atoms with Crippen molar-refractivity contribution in [3.63, 3.8) is 0 Å². The van der Waals surface area contributed by atoms with Crippen LogP contribution in [0.2, 0.25) is 0 Å². The molecule has 1 aromatic heterocycles. The molecule has 3 rings (SSSR count). The van der Waals surface area contributed by atoms with Gasteiger partial charge in [-0.15, -0.1) is 0 Å². The summed E-state index contributed by atoms with van der Waals surface area (Å²) in [5.74, 6) is 1.50. The van der Waals surface area contributed by atoms with Gasteiger partial charge < -0.3 is 5.32 Å². The van der Waals surface area contributed by atoms with Gasteiger partial charge in [-0.25, -0.2) is 0 Å². The molecule has 106 valence electrons. The second-order valence-corrected chi connectivity index (χ2v) is 7.03. The summed E-state index contributed by atoms with van der Waals surface area (Å²) in [4.78, 5) is 4.40. The molecule has 1 aromatic carbocycles. The van der Waals surface area contributed by atoms with Crippen molar-refractivity contribution < 1.29 is 0 Å². The van der Waals surface area contributed by atoms with E-state index in [1.165, 1.54) is 23.8 Å². The third-order valence-electron chi connectivity index (χ3n) is 4.37. The predicted molar refractivity (Wildman–Crippen MR) is 85.0 cm³/mol. The van der Waals surface area contributed by atoms with E-state index in [0.717, 1.165) is 23.9 Å². The molecule has 1 N–H and O–H groups in total. The lowest BCUT2D eigenvalue weighted by molar-refractivity contribution is 0.226. The van der Waals surface area contributed by atoms with E-state index in [0.29, 0.717) is 0 Å². The summed E-state index contributed by atoms with van der Waals surface area (Å²) in [6.07, 6.45) is 4.53. The lowest BCUT2D eigenvalue weighted by atomic mass is 9.69. The van der Waals surface area contributed by atoms with Crippen LogP contribution >= 0.6 is 0 Å². The van der Waals surface area contributed by atoms with E-state index in [1.54, 1.807) is 0 Å². The number of rotatable bonds is 3. The normalized spacial score (nSPS) is 22.8. The highest BCUT2D eigenvalue weighted by molar-refractivity contribution is 5.79. The third kappa shape index (κ3) is 2.85. The quantitative estimate of drug-likeness (QED) is 0.906. The second-order valence-electron chi connectivity index (χ2n) is 7.03. The molecule has 0 spiro atoms. The molecule has 0 bridgehead atoms. The predicted octanol–water partition coefficient (Wildman–Crippen LogP) is 4.12. The van der Waals surface area contributed by atoms with Crippen LogP contribution in [0.4, 0.5) is 0 Å². The lowest BCUT2D eigenvalue weighted by Crippen LogP contribution is -2.42. The van der Waals surface area contributed by atoms with E-state index in [2.05, 4.69) is 55.3 Å². The summed E-state index contributed by atoms with van der Waals surface area (Å²) in [7, 11) is 0. The van der Waals surface area contributed by atoms with Crippen LogP contribution in [0.25, 0.3) is 10.9 Å². The molecule has 0 aliphatic heterocycles. The SMILES string of the molecule is CC(C)(C)NCC1CCC1c1ccc2ncccc2c1. The topological polar surface area (TPSA) is 24.9 Å². The number of nitrogens with zero attached hydrogens (tertiary/aromatic N) is 1. The summed E-state index contributed by atoms with van der Waals surface area (Å²) >= 11 is 0. The summed E-state index contributed by atoms with van der Waals surface area (Å²) in [6, 6.07) is 10.9. The molecular weight excluding hydrogens is 244 g/mol. The maximum atomic E-state index is 4.40. The van der Waals surface area contributed by atoms with Gasteiger partial charge >= 0.3 is 0 Å². The monoisotopic (exact) mass is 268 g/mol. The molecule has 20 heavy (non-hydrogen) atoms. The average molecular weight is 268 g/mol. The highest BCUT2D eigenvalue weighted by Gasteiger charge is 2.32. The Hall–Kier alpha value is -1.41. The first-order chi connectivity index (χ1) is 9.53. The fourth-order valence-corrected chi connectivity index (χ4v) is 3.01. The van der Waals surface area contributed by atoms with Crippen molar-refractivity contribution in [2.75, 3.05) is 6.54 Å². The molecule has 2 aromatic rings. The molecule has 2 atom stereocenters. The summed E-state index contributed by atoms with van der Waals surface area (Å²) < 4.78 is 0. The van der Waals surface area contributed by atoms with E-state index < -0.39 is 0 Å². The van der Waals surface area contributed by atoms with Crippen molar-refractivity contribution in [3.05, 3.63) is 42.1 Å². The minimum atomic E-state index is 0.216. The molecule has 1 aliphatic carbocycles. The van der Waals surface area contributed by atoms with Crippen LogP contribution in [-0.2, 0) is 0 Å². The molecule has 0 saturated heterocycles. The van der Waals surface area contributed by atoms with Crippen molar-refractivity contribution in [2.24, 2.45) is 5.92 Å². The van der Waals surface area contributed by atoms with Crippen molar-refractivity contribution in [2.45, 2.75) is 45.1 Å². The van der Waals surface area contributed by atoms with Gasteiger partial charge in [-0.2, -0.15) is 0 Å². The molecular formula is C18H24N2. The van der Waals surface area contributed by atoms with Crippen LogP contribution < -0.4 is 5.32 Å². The minimum absolute atomic E-state index is 0.216. The van der Waals surface area contributed by atoms with Gasteiger partial charge in [0.15, 0.2) is 0 Å². The third-order valence-corrected chi connectivity index (χ3v) is 4.37. The van der Waals surface area contributed by atoms with Gasteiger partial charge in [0, 0.05) is 17.1 Å². The van der Waals surface area contributed by atoms with E-state index in [-0.39, 0.29) is 5.54 Å². The van der Waals surface area contributed by atoms with Crippen LogP contribution in [-0.4, -0.2) is 17.1 Å². The summed E-state index contributed by atoms with van der Waals surface area (Å²) in [5, 5.41) is 4.91. The van der Waals surface area contributed by atoms with Crippen molar-refractivity contribution in [1.82, 2.24) is 10.3 Å². The van der Waals surface area contributed by atoms with Crippen LogP contribution in [0.1, 0.15) is 45.1 Å². The van der Waals surface area contributed by atoms with Gasteiger partial charge in [-0.05, 0) is 75.8 Å². The zero-order valence-corrected chi connectivity index (χ0v) is 12.7. The van der Waals surface area contributed by atoms with E-state index in [4.69, 9.17) is 0 Å². The van der Waals surface area contributed by atoms with E-state index >= 15 is 0 Å². The zero-order valence-electron chi connectivity index (χ0n) is 12.7. The molecule has 1 fully saturated rings. The Bertz CT molecular complexity index is 598. The van der Waals surface area contributed by atoms with Gasteiger partial charge in [0.1, 0.15) is 0 Å². The Morgan fingerprint density at radius 2 is 2.05 bits per heavy atom. The molecule has 1 saturated carbocycles. The van der Waals surface area contributed by atoms with E-state index in [9.17, 15) is 0 Å². The number of benzene rings is 1. The van der Waals surface area contributed by atoms with E-state index in [1.807, 2.05) is 12.3 Å². The van der Waals surface area contributed by atoms with Gasteiger partial charge in [-0.3, -0.25) is 4.98 Å². The summed E-state index contributed by atoms with van der Waals surface area (Å²) in [6.45, 7) is 7.84. The Kier molecular flexibility index (Phi) is 3.51. The first kappa shape index (κ1) is 13.6. The Labute approximate surface area is 121 Å². The maximum Gasteiger partial charge on any atom is 0.0702 e. The number of fused-ring (bicyclic) bond motifs is 1. The second kappa shape index (κ2) is 5.17. The molecule has 2 unspecified atom stereocenters. The largest absolute Gasteiger partial charge is 0.312 e. The first-order valence-electron chi connectivity index (χ1n) is 7.63. The number of hydrogen-bond donors (Lipinski definition) is 1. The van der Waals surface area contributed by atoms with Gasteiger partial charge in [0.25, 0.3) is 0 Å². The number of pyridine rings is 1.